The molecule has 16 heavy (non-hydrogen) atoms. The summed E-state index contributed by atoms with van der Waals surface area (Å²) in [5, 5.41) is 19.5. The second-order valence-corrected chi connectivity index (χ2v) is 4.64. The molecule has 3 atom stereocenters. The molecule has 0 amide bonds. The number of aliphatic hydroxyl groups is 2. The lowest BCUT2D eigenvalue weighted by Crippen LogP contribution is -2.41. The van der Waals surface area contributed by atoms with E-state index in [9.17, 15) is 10.2 Å². The SMILES string of the molecule is N[C@H](Cc1ccccc1)C1[C@H](O)CC[C@H]1O. The number of nitrogens with two attached hydrogens (primary N) is 1. The Morgan fingerprint density at radius 2 is 1.69 bits per heavy atom. The number of rotatable bonds is 3. The highest BCUT2D eigenvalue weighted by molar-refractivity contribution is 5.16. The summed E-state index contributed by atoms with van der Waals surface area (Å²) >= 11 is 0. The minimum atomic E-state index is -0.450. The van der Waals surface area contributed by atoms with Crippen molar-refractivity contribution in [3.63, 3.8) is 0 Å². The molecular formula is C13H19NO2. The van der Waals surface area contributed by atoms with Gasteiger partial charge in [0.15, 0.2) is 0 Å². The topological polar surface area (TPSA) is 66.5 Å². The molecule has 3 nitrogen and oxygen atoms in total. The normalized spacial score (nSPS) is 28.2. The van der Waals surface area contributed by atoms with Crippen LogP contribution in [0.15, 0.2) is 30.3 Å². The van der Waals surface area contributed by atoms with E-state index >= 15 is 0 Å². The highest BCUT2D eigenvalue weighted by atomic mass is 16.3. The molecular weight excluding hydrogens is 202 g/mol. The van der Waals surface area contributed by atoms with Gasteiger partial charge in [-0.25, -0.2) is 0 Å². The van der Waals surface area contributed by atoms with Crippen LogP contribution in [0, 0.1) is 5.92 Å². The molecule has 2 rings (SSSR count). The molecule has 0 heterocycles. The zero-order chi connectivity index (χ0) is 11.5. The van der Waals surface area contributed by atoms with Crippen LogP contribution in [0.3, 0.4) is 0 Å². The smallest absolute Gasteiger partial charge is 0.0609 e. The van der Waals surface area contributed by atoms with Gasteiger partial charge >= 0.3 is 0 Å². The molecule has 0 unspecified atom stereocenters. The van der Waals surface area contributed by atoms with Gasteiger partial charge in [0.2, 0.25) is 0 Å². The average molecular weight is 221 g/mol. The van der Waals surface area contributed by atoms with E-state index in [1.54, 1.807) is 0 Å². The monoisotopic (exact) mass is 221 g/mol. The van der Waals surface area contributed by atoms with E-state index in [1.807, 2.05) is 30.3 Å². The lowest BCUT2D eigenvalue weighted by atomic mass is 9.90. The van der Waals surface area contributed by atoms with Crippen LogP contribution in [0.2, 0.25) is 0 Å². The highest BCUT2D eigenvalue weighted by Crippen LogP contribution is 2.29. The molecule has 0 radical (unpaired) electrons. The van der Waals surface area contributed by atoms with Gasteiger partial charge in [0.25, 0.3) is 0 Å². The third kappa shape index (κ3) is 2.43. The quantitative estimate of drug-likeness (QED) is 0.703. The van der Waals surface area contributed by atoms with Crippen molar-refractivity contribution in [2.24, 2.45) is 11.7 Å². The van der Waals surface area contributed by atoms with Crippen molar-refractivity contribution >= 4 is 0 Å². The minimum absolute atomic E-state index is 0.171. The standard InChI is InChI=1S/C13H19NO2/c14-10(8-9-4-2-1-3-5-9)13-11(15)6-7-12(13)16/h1-5,10-13,15-16H,6-8,14H2/t10-,11-,12-/m1/s1. The number of hydrogen-bond donors (Lipinski definition) is 3. The Bertz CT molecular complexity index is 318. The first kappa shape index (κ1) is 11.6. The molecule has 0 aromatic heterocycles. The Hall–Kier alpha value is -0.900. The van der Waals surface area contributed by atoms with Gasteiger partial charge in [-0.1, -0.05) is 30.3 Å². The summed E-state index contributed by atoms with van der Waals surface area (Å²) in [6.07, 6.45) is 1.13. The minimum Gasteiger partial charge on any atom is -0.393 e. The number of hydrogen-bond acceptors (Lipinski definition) is 3. The van der Waals surface area contributed by atoms with E-state index < -0.39 is 12.2 Å². The molecule has 88 valence electrons. The fourth-order valence-electron chi connectivity index (χ4n) is 2.58. The molecule has 1 aromatic carbocycles. The Labute approximate surface area is 95.9 Å². The maximum atomic E-state index is 9.77. The van der Waals surface area contributed by atoms with Gasteiger partial charge in [-0.15, -0.1) is 0 Å². The molecule has 0 aliphatic heterocycles. The second-order valence-electron chi connectivity index (χ2n) is 4.64. The number of benzene rings is 1. The lowest BCUT2D eigenvalue weighted by Gasteiger charge is -2.25. The van der Waals surface area contributed by atoms with Crippen molar-refractivity contribution in [1.82, 2.24) is 0 Å². The van der Waals surface area contributed by atoms with Crippen molar-refractivity contribution < 1.29 is 10.2 Å². The van der Waals surface area contributed by atoms with Gasteiger partial charge in [0.05, 0.1) is 12.2 Å². The third-order valence-corrected chi connectivity index (χ3v) is 3.46. The van der Waals surface area contributed by atoms with Crippen LogP contribution in [0.4, 0.5) is 0 Å². The summed E-state index contributed by atoms with van der Waals surface area (Å²) in [6.45, 7) is 0. The van der Waals surface area contributed by atoms with Gasteiger partial charge in [-0.3, -0.25) is 0 Å². The largest absolute Gasteiger partial charge is 0.393 e. The van der Waals surface area contributed by atoms with Gasteiger partial charge in [-0.05, 0) is 24.8 Å². The first-order chi connectivity index (χ1) is 7.68. The molecule has 3 heteroatoms. The van der Waals surface area contributed by atoms with E-state index in [-0.39, 0.29) is 12.0 Å². The van der Waals surface area contributed by atoms with Crippen molar-refractivity contribution in [2.75, 3.05) is 0 Å². The predicted molar refractivity (Wildman–Crippen MR) is 62.9 cm³/mol. The van der Waals surface area contributed by atoms with Gasteiger partial charge in [0.1, 0.15) is 0 Å². The predicted octanol–water partition coefficient (Wildman–Crippen LogP) is 0.688. The molecule has 1 fully saturated rings. The van der Waals surface area contributed by atoms with Crippen molar-refractivity contribution in [1.29, 1.82) is 0 Å². The van der Waals surface area contributed by atoms with Crippen LogP contribution in [0.5, 0.6) is 0 Å². The molecule has 0 spiro atoms. The summed E-state index contributed by atoms with van der Waals surface area (Å²) in [5.41, 5.74) is 7.23. The van der Waals surface area contributed by atoms with Crippen LogP contribution >= 0.6 is 0 Å². The lowest BCUT2D eigenvalue weighted by molar-refractivity contribution is 0.0503. The summed E-state index contributed by atoms with van der Waals surface area (Å²) in [6, 6.07) is 9.79. The Balaban J connectivity index is 2.00. The van der Waals surface area contributed by atoms with E-state index in [0.717, 1.165) is 5.56 Å². The van der Waals surface area contributed by atoms with Gasteiger partial charge in [-0.2, -0.15) is 0 Å². The second kappa shape index (κ2) is 4.95. The molecule has 1 aliphatic rings. The zero-order valence-electron chi connectivity index (χ0n) is 9.29. The fourth-order valence-corrected chi connectivity index (χ4v) is 2.58. The first-order valence-electron chi connectivity index (χ1n) is 5.84. The summed E-state index contributed by atoms with van der Waals surface area (Å²) in [4.78, 5) is 0. The number of aliphatic hydroxyl groups excluding tert-OH is 2. The summed E-state index contributed by atoms with van der Waals surface area (Å²) < 4.78 is 0. The van der Waals surface area contributed by atoms with E-state index in [0.29, 0.717) is 19.3 Å². The maximum absolute atomic E-state index is 9.77. The van der Waals surface area contributed by atoms with Crippen LogP contribution < -0.4 is 5.73 Å². The average Bonchev–Trinajstić information content (AvgIpc) is 2.60. The van der Waals surface area contributed by atoms with Crippen molar-refractivity contribution in [2.45, 2.75) is 37.5 Å². The van der Waals surface area contributed by atoms with Crippen LogP contribution in [-0.2, 0) is 6.42 Å². The van der Waals surface area contributed by atoms with E-state index in [1.165, 1.54) is 0 Å². The Kier molecular flexibility index (Phi) is 3.59. The summed E-state index contributed by atoms with van der Waals surface area (Å²) in [7, 11) is 0. The van der Waals surface area contributed by atoms with Crippen molar-refractivity contribution in [3.05, 3.63) is 35.9 Å². The highest BCUT2D eigenvalue weighted by Gasteiger charge is 2.37. The van der Waals surface area contributed by atoms with Crippen molar-refractivity contribution in [3.8, 4) is 0 Å². The molecule has 4 N–H and O–H groups in total. The fraction of sp³-hybridized carbons (Fsp3) is 0.538. The van der Waals surface area contributed by atoms with Gasteiger partial charge in [0, 0.05) is 12.0 Å². The van der Waals surface area contributed by atoms with Gasteiger partial charge < -0.3 is 15.9 Å². The van der Waals surface area contributed by atoms with Crippen LogP contribution in [0.1, 0.15) is 18.4 Å². The Morgan fingerprint density at radius 1 is 1.12 bits per heavy atom. The zero-order valence-corrected chi connectivity index (χ0v) is 9.29. The third-order valence-electron chi connectivity index (χ3n) is 3.46. The molecule has 1 saturated carbocycles. The van der Waals surface area contributed by atoms with Crippen LogP contribution in [-0.4, -0.2) is 28.5 Å². The Morgan fingerprint density at radius 3 is 2.25 bits per heavy atom. The molecule has 1 aliphatic carbocycles. The molecule has 0 saturated heterocycles. The molecule has 1 aromatic rings. The van der Waals surface area contributed by atoms with E-state index in [2.05, 4.69) is 0 Å². The first-order valence-corrected chi connectivity index (χ1v) is 5.84. The maximum Gasteiger partial charge on any atom is 0.0609 e. The van der Waals surface area contributed by atoms with Crippen LogP contribution in [0.25, 0.3) is 0 Å². The van der Waals surface area contributed by atoms with E-state index in [4.69, 9.17) is 5.73 Å². The molecule has 0 bridgehead atoms. The summed E-state index contributed by atoms with van der Waals surface area (Å²) in [5.74, 6) is -0.180.